The van der Waals surface area contributed by atoms with Gasteiger partial charge in [-0.1, -0.05) is 0 Å². The maximum Gasteiger partial charge on any atom is 0.321 e. The molecule has 0 saturated heterocycles. The SMILES string of the molecule is Cc1cc(-c2n[nH]c3cc(NC(=O)NC4(c5ccncc5)CC4)ncc23)ccn1. The van der Waals surface area contributed by atoms with E-state index in [9.17, 15) is 4.79 Å². The molecule has 4 aromatic heterocycles. The highest BCUT2D eigenvalue weighted by Crippen LogP contribution is 2.45. The largest absolute Gasteiger partial charge is 0.328 e. The molecule has 4 heterocycles. The number of anilines is 1. The van der Waals surface area contributed by atoms with Crippen LogP contribution in [0.5, 0.6) is 0 Å². The molecule has 1 saturated carbocycles. The van der Waals surface area contributed by atoms with Crippen molar-refractivity contribution in [2.45, 2.75) is 25.3 Å². The van der Waals surface area contributed by atoms with Gasteiger partial charge in [0.1, 0.15) is 11.5 Å². The van der Waals surface area contributed by atoms with Gasteiger partial charge < -0.3 is 5.32 Å². The first-order valence-corrected chi connectivity index (χ1v) is 9.40. The Morgan fingerprint density at radius 3 is 2.69 bits per heavy atom. The molecule has 5 rings (SSSR count). The first kappa shape index (κ1) is 17.3. The molecule has 0 unspecified atom stereocenters. The van der Waals surface area contributed by atoms with Crippen molar-refractivity contribution >= 4 is 22.8 Å². The van der Waals surface area contributed by atoms with E-state index in [0.717, 1.165) is 46.3 Å². The van der Waals surface area contributed by atoms with Crippen LogP contribution < -0.4 is 10.6 Å². The lowest BCUT2D eigenvalue weighted by molar-refractivity contribution is 0.247. The van der Waals surface area contributed by atoms with Crippen molar-refractivity contribution in [3.05, 3.63) is 66.4 Å². The fourth-order valence-corrected chi connectivity index (χ4v) is 3.54. The Hall–Kier alpha value is -3.81. The van der Waals surface area contributed by atoms with Crippen LogP contribution in [0.25, 0.3) is 22.2 Å². The summed E-state index contributed by atoms with van der Waals surface area (Å²) in [6.07, 6.45) is 8.78. The lowest BCUT2D eigenvalue weighted by atomic mass is 10.1. The zero-order valence-electron chi connectivity index (χ0n) is 15.8. The molecule has 1 aliphatic rings. The maximum absolute atomic E-state index is 12.5. The highest BCUT2D eigenvalue weighted by Gasteiger charge is 2.45. The molecule has 0 radical (unpaired) electrons. The maximum atomic E-state index is 12.5. The van der Waals surface area contributed by atoms with Crippen molar-refractivity contribution in [1.29, 1.82) is 0 Å². The summed E-state index contributed by atoms with van der Waals surface area (Å²) in [5.74, 6) is 0.460. The zero-order valence-corrected chi connectivity index (χ0v) is 15.8. The van der Waals surface area contributed by atoms with Gasteiger partial charge in [-0.25, -0.2) is 9.78 Å². The van der Waals surface area contributed by atoms with Gasteiger partial charge in [0.2, 0.25) is 0 Å². The van der Waals surface area contributed by atoms with Crippen molar-refractivity contribution in [2.24, 2.45) is 0 Å². The molecule has 0 spiro atoms. The number of hydrogen-bond acceptors (Lipinski definition) is 5. The Balaban J connectivity index is 1.34. The Morgan fingerprint density at radius 2 is 1.93 bits per heavy atom. The molecule has 0 aliphatic heterocycles. The minimum atomic E-state index is -0.308. The minimum absolute atomic E-state index is 0.282. The summed E-state index contributed by atoms with van der Waals surface area (Å²) < 4.78 is 0. The summed E-state index contributed by atoms with van der Waals surface area (Å²) in [6.45, 7) is 1.94. The van der Waals surface area contributed by atoms with Crippen LogP contribution in [-0.2, 0) is 5.54 Å². The summed E-state index contributed by atoms with van der Waals surface area (Å²) in [5.41, 5.74) is 4.26. The fourth-order valence-electron chi connectivity index (χ4n) is 3.54. The standard InChI is InChI=1S/C21H19N7O/c1-13-10-14(2-9-23-13)19-16-12-24-18(11-17(16)27-28-19)25-20(29)26-21(5-6-21)15-3-7-22-8-4-15/h2-4,7-12H,5-6H2,1H3,(H,27,28)(H2,24,25,26,29). The number of pyridine rings is 3. The molecule has 3 N–H and O–H groups in total. The number of nitrogens with zero attached hydrogens (tertiary/aromatic N) is 4. The zero-order chi connectivity index (χ0) is 19.8. The van der Waals surface area contributed by atoms with Crippen LogP contribution in [0.2, 0.25) is 0 Å². The van der Waals surface area contributed by atoms with Gasteiger partial charge in [0, 0.05) is 47.5 Å². The normalized spacial score (nSPS) is 14.5. The van der Waals surface area contributed by atoms with E-state index in [-0.39, 0.29) is 11.6 Å². The first-order chi connectivity index (χ1) is 14.1. The summed E-state index contributed by atoms with van der Waals surface area (Å²) in [5, 5.41) is 14.2. The lowest BCUT2D eigenvalue weighted by Crippen LogP contribution is -2.38. The molecule has 29 heavy (non-hydrogen) atoms. The van der Waals surface area contributed by atoms with Crippen LogP contribution >= 0.6 is 0 Å². The van der Waals surface area contributed by atoms with Crippen molar-refractivity contribution in [1.82, 2.24) is 30.5 Å². The van der Waals surface area contributed by atoms with E-state index in [2.05, 4.69) is 35.8 Å². The average molecular weight is 385 g/mol. The van der Waals surface area contributed by atoms with Gasteiger partial charge in [-0.05, 0) is 49.6 Å². The number of carbonyl (C=O) groups is 1. The highest BCUT2D eigenvalue weighted by atomic mass is 16.2. The van der Waals surface area contributed by atoms with Gasteiger partial charge in [0.05, 0.1) is 11.1 Å². The van der Waals surface area contributed by atoms with E-state index in [4.69, 9.17) is 0 Å². The van der Waals surface area contributed by atoms with Crippen molar-refractivity contribution in [3.8, 4) is 11.3 Å². The molecule has 0 bridgehead atoms. The molecule has 8 nitrogen and oxygen atoms in total. The fraction of sp³-hybridized carbons (Fsp3) is 0.190. The van der Waals surface area contributed by atoms with Crippen molar-refractivity contribution in [2.75, 3.05) is 5.32 Å². The van der Waals surface area contributed by atoms with E-state index < -0.39 is 0 Å². The third-order valence-electron chi connectivity index (χ3n) is 5.19. The second-order valence-corrected chi connectivity index (χ2v) is 7.27. The van der Waals surface area contributed by atoms with Crippen LogP contribution in [-0.4, -0.2) is 31.2 Å². The summed E-state index contributed by atoms with van der Waals surface area (Å²) in [6, 6.07) is 9.26. The Morgan fingerprint density at radius 1 is 1.10 bits per heavy atom. The monoisotopic (exact) mass is 385 g/mol. The number of nitrogens with one attached hydrogen (secondary N) is 3. The molecule has 0 atom stereocenters. The molecule has 4 aromatic rings. The number of aromatic nitrogens is 5. The molecule has 1 aliphatic carbocycles. The molecule has 2 amide bonds. The third kappa shape index (κ3) is 3.29. The number of aromatic amines is 1. The van der Waals surface area contributed by atoms with Gasteiger partial charge in [0.15, 0.2) is 0 Å². The lowest BCUT2D eigenvalue weighted by Gasteiger charge is -2.18. The number of H-pyrrole nitrogens is 1. The van der Waals surface area contributed by atoms with E-state index in [1.807, 2.05) is 31.2 Å². The Labute approximate surface area is 166 Å². The van der Waals surface area contributed by atoms with Crippen molar-refractivity contribution < 1.29 is 4.79 Å². The Kier molecular flexibility index (Phi) is 3.97. The third-order valence-corrected chi connectivity index (χ3v) is 5.19. The van der Waals surface area contributed by atoms with Crippen LogP contribution in [0.4, 0.5) is 10.6 Å². The van der Waals surface area contributed by atoms with E-state index in [0.29, 0.717) is 5.82 Å². The van der Waals surface area contributed by atoms with Crippen LogP contribution in [0, 0.1) is 6.92 Å². The number of fused-ring (bicyclic) bond motifs is 1. The summed E-state index contributed by atoms with van der Waals surface area (Å²) >= 11 is 0. The van der Waals surface area contributed by atoms with Crippen LogP contribution in [0.3, 0.4) is 0 Å². The minimum Gasteiger partial charge on any atom is -0.328 e. The second kappa shape index (κ2) is 6.66. The van der Waals surface area contributed by atoms with Crippen molar-refractivity contribution in [3.63, 3.8) is 0 Å². The van der Waals surface area contributed by atoms with Gasteiger partial charge in [-0.2, -0.15) is 5.10 Å². The molecule has 144 valence electrons. The second-order valence-electron chi connectivity index (χ2n) is 7.27. The average Bonchev–Trinajstić information content (AvgIpc) is 3.38. The predicted molar refractivity (Wildman–Crippen MR) is 109 cm³/mol. The van der Waals surface area contributed by atoms with E-state index in [1.54, 1.807) is 30.9 Å². The molecule has 0 aromatic carbocycles. The van der Waals surface area contributed by atoms with Gasteiger partial charge in [-0.3, -0.25) is 20.4 Å². The quantitative estimate of drug-likeness (QED) is 0.498. The summed E-state index contributed by atoms with van der Waals surface area (Å²) in [4.78, 5) is 25.2. The topological polar surface area (TPSA) is 108 Å². The molecule has 8 heteroatoms. The van der Waals surface area contributed by atoms with Crippen LogP contribution in [0.15, 0.2) is 55.1 Å². The summed E-state index contributed by atoms with van der Waals surface area (Å²) in [7, 11) is 0. The first-order valence-electron chi connectivity index (χ1n) is 9.40. The Bertz CT molecular complexity index is 1200. The highest BCUT2D eigenvalue weighted by molar-refractivity contribution is 5.96. The number of aryl methyl sites for hydroxylation is 1. The van der Waals surface area contributed by atoms with Gasteiger partial charge in [-0.15, -0.1) is 0 Å². The number of hydrogen-bond donors (Lipinski definition) is 3. The molecule has 1 fully saturated rings. The number of carbonyl (C=O) groups excluding carboxylic acids is 1. The van der Waals surface area contributed by atoms with Gasteiger partial charge in [0.25, 0.3) is 0 Å². The van der Waals surface area contributed by atoms with Gasteiger partial charge >= 0.3 is 6.03 Å². The number of urea groups is 1. The molecular weight excluding hydrogens is 366 g/mol. The van der Waals surface area contributed by atoms with Crippen LogP contribution in [0.1, 0.15) is 24.1 Å². The molecular formula is C21H19N7O. The smallest absolute Gasteiger partial charge is 0.321 e. The van der Waals surface area contributed by atoms with E-state index >= 15 is 0 Å². The number of amides is 2. The number of rotatable bonds is 4. The van der Waals surface area contributed by atoms with E-state index in [1.165, 1.54) is 0 Å². The predicted octanol–water partition coefficient (Wildman–Crippen LogP) is 3.53.